The van der Waals surface area contributed by atoms with Crippen LogP contribution in [0.25, 0.3) is 33.3 Å². The monoisotopic (exact) mass is 424 g/mol. The Morgan fingerprint density at radius 1 is 1.09 bits per heavy atom. The molecule has 0 spiro atoms. The maximum Gasteiger partial charge on any atom is 0.163 e. The highest BCUT2D eigenvalue weighted by Gasteiger charge is 2.24. The standard InChI is InChI=1S/C25H21FN6/c1-14-8-22-23(28-11-14)25(32-24(31-22)15-9-16(26)13-27-12-15)29-17-6-7-21-19(10-17)18-4-2-3-5-20(18)30-21/h2-5,8-9,11-13,17,30H,6-7,10H2,1H3,(H,29,31,32). The summed E-state index contributed by atoms with van der Waals surface area (Å²) in [6.45, 7) is 1.98. The lowest BCUT2D eigenvalue weighted by atomic mass is 9.91. The Morgan fingerprint density at radius 3 is 2.91 bits per heavy atom. The first kappa shape index (κ1) is 18.9. The van der Waals surface area contributed by atoms with Gasteiger partial charge in [0, 0.05) is 40.6 Å². The van der Waals surface area contributed by atoms with E-state index >= 15 is 0 Å². The normalized spacial score (nSPS) is 15.8. The highest BCUT2D eigenvalue weighted by Crippen LogP contribution is 2.31. The van der Waals surface area contributed by atoms with Crippen LogP contribution in [0.4, 0.5) is 10.2 Å². The molecule has 2 N–H and O–H groups in total. The van der Waals surface area contributed by atoms with Gasteiger partial charge in [-0.2, -0.15) is 0 Å². The highest BCUT2D eigenvalue weighted by atomic mass is 19.1. The zero-order chi connectivity index (χ0) is 21.7. The van der Waals surface area contributed by atoms with Crippen molar-refractivity contribution in [2.75, 3.05) is 5.32 Å². The molecule has 1 aliphatic carbocycles. The van der Waals surface area contributed by atoms with Gasteiger partial charge in [0.25, 0.3) is 0 Å². The van der Waals surface area contributed by atoms with Crippen LogP contribution in [0.2, 0.25) is 0 Å². The molecule has 1 aliphatic rings. The fourth-order valence-corrected chi connectivity index (χ4v) is 4.57. The van der Waals surface area contributed by atoms with Crippen LogP contribution >= 0.6 is 0 Å². The minimum absolute atomic E-state index is 0.210. The summed E-state index contributed by atoms with van der Waals surface area (Å²) in [6.07, 6.45) is 7.42. The first-order chi connectivity index (χ1) is 15.6. The van der Waals surface area contributed by atoms with Gasteiger partial charge in [-0.3, -0.25) is 9.97 Å². The number of H-pyrrole nitrogens is 1. The van der Waals surface area contributed by atoms with Crippen molar-refractivity contribution in [3.63, 3.8) is 0 Å². The summed E-state index contributed by atoms with van der Waals surface area (Å²) in [5, 5.41) is 4.90. The van der Waals surface area contributed by atoms with Crippen molar-refractivity contribution in [1.29, 1.82) is 0 Å². The van der Waals surface area contributed by atoms with E-state index in [-0.39, 0.29) is 6.04 Å². The maximum atomic E-state index is 13.8. The van der Waals surface area contributed by atoms with Gasteiger partial charge in [-0.15, -0.1) is 0 Å². The SMILES string of the molecule is Cc1cnc2c(NC3CCc4[nH]c5ccccc5c4C3)nc(-c3cncc(F)c3)nc2c1. The number of rotatable bonds is 3. The van der Waals surface area contributed by atoms with Crippen LogP contribution in [0.5, 0.6) is 0 Å². The summed E-state index contributed by atoms with van der Waals surface area (Å²) in [7, 11) is 0. The Balaban J connectivity index is 1.40. The number of pyridine rings is 2. The van der Waals surface area contributed by atoms with E-state index < -0.39 is 5.82 Å². The van der Waals surface area contributed by atoms with Crippen LogP contribution in [0.1, 0.15) is 23.2 Å². The molecular weight excluding hydrogens is 403 g/mol. The molecule has 6 rings (SSSR count). The van der Waals surface area contributed by atoms with E-state index in [2.05, 4.69) is 49.5 Å². The van der Waals surface area contributed by atoms with Crippen LogP contribution < -0.4 is 5.32 Å². The Morgan fingerprint density at radius 2 is 2.00 bits per heavy atom. The summed E-state index contributed by atoms with van der Waals surface area (Å²) in [5.41, 5.74) is 6.85. The van der Waals surface area contributed by atoms with Gasteiger partial charge in [0.1, 0.15) is 11.3 Å². The molecule has 0 bridgehead atoms. The number of anilines is 1. The molecule has 1 unspecified atom stereocenters. The minimum atomic E-state index is -0.415. The summed E-state index contributed by atoms with van der Waals surface area (Å²) in [5.74, 6) is 0.688. The second kappa shape index (κ2) is 7.37. The molecule has 0 fully saturated rings. The Kier molecular flexibility index (Phi) is 4.35. The van der Waals surface area contributed by atoms with Crippen molar-refractivity contribution in [3.8, 4) is 11.4 Å². The number of aromatic amines is 1. The van der Waals surface area contributed by atoms with E-state index in [0.29, 0.717) is 22.7 Å². The van der Waals surface area contributed by atoms with Gasteiger partial charge in [0.2, 0.25) is 0 Å². The lowest BCUT2D eigenvalue weighted by Crippen LogP contribution is -2.28. The molecule has 1 atom stereocenters. The zero-order valence-electron chi connectivity index (χ0n) is 17.6. The quantitative estimate of drug-likeness (QED) is 0.427. The third-order valence-electron chi connectivity index (χ3n) is 6.07. The molecule has 158 valence electrons. The Bertz CT molecular complexity index is 1470. The lowest BCUT2D eigenvalue weighted by molar-refractivity contribution is 0.606. The molecule has 5 aromatic rings. The average molecular weight is 424 g/mol. The minimum Gasteiger partial charge on any atom is -0.365 e. The average Bonchev–Trinajstić information content (AvgIpc) is 3.17. The van der Waals surface area contributed by atoms with Gasteiger partial charge in [0.15, 0.2) is 11.6 Å². The molecule has 0 radical (unpaired) electrons. The topological polar surface area (TPSA) is 79.4 Å². The summed E-state index contributed by atoms with van der Waals surface area (Å²) in [4.78, 5) is 21.5. The zero-order valence-corrected chi connectivity index (χ0v) is 17.6. The lowest BCUT2D eigenvalue weighted by Gasteiger charge is -2.24. The van der Waals surface area contributed by atoms with Crippen LogP contribution in [0.15, 0.2) is 55.0 Å². The molecule has 1 aromatic carbocycles. The van der Waals surface area contributed by atoms with Crippen LogP contribution in [0.3, 0.4) is 0 Å². The first-order valence-electron chi connectivity index (χ1n) is 10.7. The number of nitrogens with one attached hydrogen (secondary N) is 2. The van der Waals surface area contributed by atoms with Gasteiger partial charge in [-0.1, -0.05) is 18.2 Å². The number of nitrogens with zero attached hydrogens (tertiary/aromatic N) is 4. The van der Waals surface area contributed by atoms with E-state index in [4.69, 9.17) is 4.98 Å². The Hall–Kier alpha value is -3.87. The highest BCUT2D eigenvalue weighted by molar-refractivity contribution is 5.88. The molecule has 0 saturated heterocycles. The number of hydrogen-bond acceptors (Lipinski definition) is 5. The molecule has 4 aromatic heterocycles. The van der Waals surface area contributed by atoms with Crippen molar-refractivity contribution in [2.45, 2.75) is 32.2 Å². The number of para-hydroxylation sites is 1. The number of aromatic nitrogens is 5. The van der Waals surface area contributed by atoms with Gasteiger partial charge in [-0.05, 0) is 55.5 Å². The van der Waals surface area contributed by atoms with E-state index in [9.17, 15) is 4.39 Å². The predicted molar refractivity (Wildman–Crippen MR) is 123 cm³/mol. The number of benzene rings is 1. The van der Waals surface area contributed by atoms with Crippen molar-refractivity contribution in [2.24, 2.45) is 0 Å². The van der Waals surface area contributed by atoms with Gasteiger partial charge in [-0.25, -0.2) is 14.4 Å². The number of halogens is 1. The molecule has 7 heteroatoms. The third kappa shape index (κ3) is 3.26. The van der Waals surface area contributed by atoms with Crippen molar-refractivity contribution >= 4 is 27.8 Å². The fraction of sp³-hybridized carbons (Fsp3) is 0.200. The molecule has 4 heterocycles. The van der Waals surface area contributed by atoms with Crippen LogP contribution in [-0.4, -0.2) is 31.0 Å². The second-order valence-electron chi connectivity index (χ2n) is 8.38. The number of hydrogen-bond donors (Lipinski definition) is 2. The van der Waals surface area contributed by atoms with Crippen molar-refractivity contribution < 1.29 is 4.39 Å². The smallest absolute Gasteiger partial charge is 0.163 e. The molecule has 0 saturated carbocycles. The summed E-state index contributed by atoms with van der Waals surface area (Å²) < 4.78 is 13.8. The summed E-state index contributed by atoms with van der Waals surface area (Å²) >= 11 is 0. The Labute approximate surface area is 184 Å². The molecular formula is C25H21FN6. The van der Waals surface area contributed by atoms with Gasteiger partial charge >= 0.3 is 0 Å². The molecule has 0 amide bonds. The van der Waals surface area contributed by atoms with Crippen LogP contribution in [0, 0.1) is 12.7 Å². The first-order valence-corrected chi connectivity index (χ1v) is 10.7. The maximum absolute atomic E-state index is 13.8. The van der Waals surface area contributed by atoms with Gasteiger partial charge < -0.3 is 10.3 Å². The molecule has 32 heavy (non-hydrogen) atoms. The molecule has 0 aliphatic heterocycles. The summed E-state index contributed by atoms with van der Waals surface area (Å²) in [6, 6.07) is 12.0. The van der Waals surface area contributed by atoms with Crippen LogP contribution in [-0.2, 0) is 12.8 Å². The predicted octanol–water partition coefficient (Wildman–Crippen LogP) is 4.99. The van der Waals surface area contributed by atoms with Gasteiger partial charge in [0.05, 0.1) is 11.7 Å². The van der Waals surface area contributed by atoms with E-state index in [0.717, 1.165) is 30.3 Å². The fourth-order valence-electron chi connectivity index (χ4n) is 4.57. The van der Waals surface area contributed by atoms with E-state index in [1.165, 1.54) is 34.4 Å². The third-order valence-corrected chi connectivity index (χ3v) is 6.07. The number of aryl methyl sites for hydroxylation is 2. The number of fused-ring (bicyclic) bond motifs is 4. The molecule has 6 nitrogen and oxygen atoms in total. The largest absolute Gasteiger partial charge is 0.365 e. The van der Waals surface area contributed by atoms with Crippen molar-refractivity contribution in [3.05, 3.63) is 77.6 Å². The van der Waals surface area contributed by atoms with Crippen molar-refractivity contribution in [1.82, 2.24) is 24.9 Å². The second-order valence-corrected chi connectivity index (χ2v) is 8.38. The van der Waals surface area contributed by atoms with E-state index in [1.807, 2.05) is 19.2 Å². The van der Waals surface area contributed by atoms with E-state index in [1.54, 1.807) is 6.20 Å².